The number of benzene rings is 1. The topological polar surface area (TPSA) is 66.5 Å². The fourth-order valence-corrected chi connectivity index (χ4v) is 4.33. The molecule has 1 amide bonds. The number of hydrogen-bond donors (Lipinski definition) is 1. The van der Waals surface area contributed by atoms with Crippen LogP contribution < -0.4 is 4.72 Å². The Morgan fingerprint density at radius 2 is 2.00 bits per heavy atom. The first kappa shape index (κ1) is 18.2. The highest BCUT2D eigenvalue weighted by atomic mass is 35.5. The molecule has 5 nitrogen and oxygen atoms in total. The first-order valence-corrected chi connectivity index (χ1v) is 9.79. The van der Waals surface area contributed by atoms with Gasteiger partial charge >= 0.3 is 0 Å². The lowest BCUT2D eigenvalue weighted by Gasteiger charge is -2.33. The van der Waals surface area contributed by atoms with Crippen LogP contribution in [0.3, 0.4) is 0 Å². The minimum Gasteiger partial charge on any atom is -0.339 e. The van der Waals surface area contributed by atoms with Gasteiger partial charge in [-0.2, -0.15) is 0 Å². The van der Waals surface area contributed by atoms with E-state index in [2.05, 4.69) is 4.72 Å². The second-order valence-corrected chi connectivity index (χ2v) is 8.06. The molecule has 1 aromatic carbocycles. The predicted octanol–water partition coefficient (Wildman–Crippen LogP) is 2.80. The number of carbonyl (C=O) groups excluding carboxylic acids is 1. The van der Waals surface area contributed by atoms with Crippen LogP contribution in [0.15, 0.2) is 29.2 Å². The van der Waals surface area contributed by atoms with Crippen molar-refractivity contribution in [3.05, 3.63) is 29.3 Å². The maximum absolute atomic E-state index is 12.2. The molecule has 0 unspecified atom stereocenters. The first-order valence-electron chi connectivity index (χ1n) is 7.92. The van der Waals surface area contributed by atoms with Gasteiger partial charge in [0.05, 0.1) is 4.90 Å². The van der Waals surface area contributed by atoms with Gasteiger partial charge in [-0.05, 0) is 31.0 Å². The molecule has 7 heteroatoms. The number of amides is 1. The van der Waals surface area contributed by atoms with Crippen molar-refractivity contribution in [3.63, 3.8) is 0 Å². The highest BCUT2D eigenvalue weighted by Gasteiger charge is 2.23. The van der Waals surface area contributed by atoms with Crippen LogP contribution in [0.1, 0.15) is 39.0 Å². The summed E-state index contributed by atoms with van der Waals surface area (Å²) in [4.78, 5) is 13.8. The van der Waals surface area contributed by atoms with Crippen molar-refractivity contribution < 1.29 is 13.2 Å². The van der Waals surface area contributed by atoms with Gasteiger partial charge in [-0.3, -0.25) is 4.79 Å². The van der Waals surface area contributed by atoms with Gasteiger partial charge in [0.1, 0.15) is 0 Å². The van der Waals surface area contributed by atoms with Crippen LogP contribution in [-0.4, -0.2) is 38.4 Å². The fourth-order valence-electron chi connectivity index (χ4n) is 3.01. The van der Waals surface area contributed by atoms with Gasteiger partial charge in [-0.1, -0.05) is 36.9 Å². The van der Waals surface area contributed by atoms with E-state index in [0.717, 1.165) is 25.7 Å². The Kier molecular flexibility index (Phi) is 6.44. The largest absolute Gasteiger partial charge is 0.339 e. The molecule has 1 saturated carbocycles. The van der Waals surface area contributed by atoms with Crippen molar-refractivity contribution in [1.29, 1.82) is 0 Å². The third-order valence-corrected chi connectivity index (χ3v) is 5.86. The molecule has 0 aromatic heterocycles. The zero-order valence-corrected chi connectivity index (χ0v) is 14.9. The van der Waals surface area contributed by atoms with E-state index < -0.39 is 10.0 Å². The van der Waals surface area contributed by atoms with E-state index in [-0.39, 0.29) is 23.4 Å². The second-order valence-electron chi connectivity index (χ2n) is 5.86. The van der Waals surface area contributed by atoms with Gasteiger partial charge in [0, 0.05) is 31.1 Å². The van der Waals surface area contributed by atoms with E-state index in [1.165, 1.54) is 18.6 Å². The van der Waals surface area contributed by atoms with Gasteiger partial charge in [-0.25, -0.2) is 13.1 Å². The van der Waals surface area contributed by atoms with Crippen LogP contribution in [0.5, 0.6) is 0 Å². The van der Waals surface area contributed by atoms with Crippen molar-refractivity contribution in [2.24, 2.45) is 0 Å². The van der Waals surface area contributed by atoms with Crippen LogP contribution in [0.25, 0.3) is 0 Å². The summed E-state index contributed by atoms with van der Waals surface area (Å²) in [6, 6.07) is 6.37. The van der Waals surface area contributed by atoms with Gasteiger partial charge in [0.25, 0.3) is 0 Å². The van der Waals surface area contributed by atoms with Gasteiger partial charge in [0.15, 0.2) is 0 Å². The van der Waals surface area contributed by atoms with Crippen molar-refractivity contribution in [2.45, 2.75) is 50.0 Å². The molecule has 23 heavy (non-hydrogen) atoms. The number of carbonyl (C=O) groups is 1. The summed E-state index contributed by atoms with van der Waals surface area (Å²) >= 11 is 5.83. The lowest BCUT2D eigenvalue weighted by atomic mass is 9.94. The summed E-state index contributed by atoms with van der Waals surface area (Å²) in [5.41, 5.74) is 0. The lowest BCUT2D eigenvalue weighted by molar-refractivity contribution is -0.131. The Labute approximate surface area is 143 Å². The average molecular weight is 359 g/mol. The number of nitrogens with one attached hydrogen (secondary N) is 1. The van der Waals surface area contributed by atoms with Crippen LogP contribution in [-0.2, 0) is 14.8 Å². The normalized spacial score (nSPS) is 16.3. The Bertz CT molecular complexity index is 642. The molecule has 0 atom stereocenters. The summed E-state index contributed by atoms with van der Waals surface area (Å²) in [5.74, 6) is -0.00106. The van der Waals surface area contributed by atoms with E-state index in [0.29, 0.717) is 11.6 Å². The third-order valence-electron chi connectivity index (χ3n) is 4.17. The van der Waals surface area contributed by atoms with E-state index in [9.17, 15) is 13.2 Å². The fraction of sp³-hybridized carbons (Fsp3) is 0.562. The van der Waals surface area contributed by atoms with Crippen LogP contribution in [0.2, 0.25) is 5.02 Å². The minimum absolute atomic E-state index is 0.00106. The van der Waals surface area contributed by atoms with Crippen molar-refractivity contribution >= 4 is 27.5 Å². The Morgan fingerprint density at radius 3 is 2.61 bits per heavy atom. The zero-order chi connectivity index (χ0) is 16.9. The molecule has 0 aliphatic heterocycles. The maximum atomic E-state index is 12.2. The summed E-state index contributed by atoms with van der Waals surface area (Å²) in [7, 11) is -3.61. The number of nitrogens with zero attached hydrogens (tertiary/aromatic N) is 1. The number of rotatable bonds is 6. The van der Waals surface area contributed by atoms with Gasteiger partial charge in [-0.15, -0.1) is 0 Å². The summed E-state index contributed by atoms with van der Waals surface area (Å²) in [6.07, 6.45) is 5.47. The molecule has 1 aromatic rings. The molecular weight excluding hydrogens is 336 g/mol. The van der Waals surface area contributed by atoms with Gasteiger partial charge in [0.2, 0.25) is 15.9 Å². The number of halogens is 1. The summed E-state index contributed by atoms with van der Waals surface area (Å²) in [5, 5.41) is 0.375. The Balaban J connectivity index is 1.94. The molecule has 1 aliphatic carbocycles. The monoisotopic (exact) mass is 358 g/mol. The number of hydrogen-bond acceptors (Lipinski definition) is 3. The highest BCUT2D eigenvalue weighted by molar-refractivity contribution is 7.89. The smallest absolute Gasteiger partial charge is 0.240 e. The summed E-state index contributed by atoms with van der Waals surface area (Å²) in [6.45, 7) is 2.13. The van der Waals surface area contributed by atoms with Crippen molar-refractivity contribution in [2.75, 3.05) is 13.1 Å². The van der Waals surface area contributed by atoms with E-state index in [1.807, 2.05) is 0 Å². The first-order chi connectivity index (χ1) is 10.9. The molecule has 2 rings (SSSR count). The molecule has 0 heterocycles. The molecule has 1 fully saturated rings. The Hall–Kier alpha value is -1.11. The Morgan fingerprint density at radius 1 is 1.30 bits per heavy atom. The zero-order valence-electron chi connectivity index (χ0n) is 13.3. The van der Waals surface area contributed by atoms with Crippen LogP contribution in [0.4, 0.5) is 0 Å². The molecule has 0 radical (unpaired) electrons. The lowest BCUT2D eigenvalue weighted by Crippen LogP contribution is -2.44. The molecule has 0 bridgehead atoms. The molecule has 0 spiro atoms. The minimum atomic E-state index is -3.61. The predicted molar refractivity (Wildman–Crippen MR) is 90.9 cm³/mol. The van der Waals surface area contributed by atoms with E-state index >= 15 is 0 Å². The summed E-state index contributed by atoms with van der Waals surface area (Å²) < 4.78 is 27.0. The molecule has 128 valence electrons. The van der Waals surface area contributed by atoms with Crippen LogP contribution >= 0.6 is 11.6 Å². The van der Waals surface area contributed by atoms with Crippen molar-refractivity contribution in [1.82, 2.24) is 9.62 Å². The number of sulfonamides is 1. The van der Waals surface area contributed by atoms with E-state index in [1.54, 1.807) is 24.0 Å². The maximum Gasteiger partial charge on any atom is 0.240 e. The molecular formula is C16H23ClN2O3S. The van der Waals surface area contributed by atoms with Gasteiger partial charge < -0.3 is 4.90 Å². The van der Waals surface area contributed by atoms with Crippen LogP contribution in [0, 0.1) is 0 Å². The highest BCUT2D eigenvalue weighted by Crippen LogP contribution is 2.22. The standard InChI is InChI=1S/C16H23ClN2O3S/c1-13(20)19(15-7-3-2-4-8-15)11-10-18-23(21,22)16-9-5-6-14(17)12-16/h5-6,9,12,15,18H,2-4,7-8,10-11H2,1H3. The molecule has 1 N–H and O–H groups in total. The van der Waals surface area contributed by atoms with E-state index in [4.69, 9.17) is 11.6 Å². The molecule has 1 aliphatic rings. The second kappa shape index (κ2) is 8.13. The SMILES string of the molecule is CC(=O)N(CCNS(=O)(=O)c1cccc(Cl)c1)C1CCCCC1. The average Bonchev–Trinajstić information content (AvgIpc) is 2.52. The molecule has 0 saturated heterocycles. The third kappa shape index (κ3) is 5.19. The quantitative estimate of drug-likeness (QED) is 0.850. The van der Waals surface area contributed by atoms with Crippen molar-refractivity contribution in [3.8, 4) is 0 Å².